The Kier molecular flexibility index (Phi) is 8.73. The molecule has 35 heavy (non-hydrogen) atoms. The van der Waals surface area contributed by atoms with E-state index in [1.54, 1.807) is 19.2 Å². The van der Waals surface area contributed by atoms with Crippen LogP contribution in [0.5, 0.6) is 5.75 Å². The summed E-state index contributed by atoms with van der Waals surface area (Å²) >= 11 is 8.14. The van der Waals surface area contributed by atoms with Gasteiger partial charge in [-0.3, -0.25) is 0 Å². The van der Waals surface area contributed by atoms with Gasteiger partial charge < -0.3 is 19.9 Å². The van der Waals surface area contributed by atoms with Crippen LogP contribution in [0, 0.1) is 26.7 Å². The molecule has 1 aliphatic heterocycles. The molecule has 2 aromatic heterocycles. The van der Waals surface area contributed by atoms with Crippen LogP contribution in [0.25, 0.3) is 22.6 Å². The summed E-state index contributed by atoms with van der Waals surface area (Å²) in [6.07, 6.45) is 2.33. The summed E-state index contributed by atoms with van der Waals surface area (Å²) in [7, 11) is 1.79. The predicted molar refractivity (Wildman–Crippen MR) is 140 cm³/mol. The molecule has 0 radical (unpaired) electrons. The summed E-state index contributed by atoms with van der Waals surface area (Å²) in [5.74, 6) is 1.71. The van der Waals surface area contributed by atoms with E-state index in [1.807, 2.05) is 13.0 Å². The second-order valence-corrected chi connectivity index (χ2v) is 10.5. The van der Waals surface area contributed by atoms with Crippen molar-refractivity contribution in [2.24, 2.45) is 5.92 Å². The van der Waals surface area contributed by atoms with Gasteiger partial charge in [-0.05, 0) is 88.3 Å². The zero-order chi connectivity index (χ0) is 24.9. The van der Waals surface area contributed by atoms with Crippen LogP contribution in [0.3, 0.4) is 0 Å². The molecule has 0 bridgehead atoms. The van der Waals surface area contributed by atoms with E-state index in [9.17, 15) is 5.11 Å². The SMILES string of the molecule is CNCC(O)COc1ccc(Cl)c(-c2nc(CC3CCOCC3)c(C)c(-c3c(C)nsc3C)n2)c1. The van der Waals surface area contributed by atoms with E-state index >= 15 is 0 Å². The molecule has 188 valence electrons. The fourth-order valence-electron chi connectivity index (χ4n) is 4.42. The molecule has 1 saturated heterocycles. The second kappa shape index (κ2) is 11.8. The zero-order valence-corrected chi connectivity index (χ0v) is 22.3. The average Bonchev–Trinajstić information content (AvgIpc) is 3.18. The van der Waals surface area contributed by atoms with Crippen molar-refractivity contribution < 1.29 is 14.6 Å². The quantitative estimate of drug-likeness (QED) is 0.423. The first-order valence-corrected chi connectivity index (χ1v) is 13.2. The number of aromatic nitrogens is 3. The molecule has 0 saturated carbocycles. The minimum Gasteiger partial charge on any atom is -0.491 e. The fourth-order valence-corrected chi connectivity index (χ4v) is 5.33. The van der Waals surface area contributed by atoms with Gasteiger partial charge in [0, 0.05) is 41.5 Å². The third kappa shape index (κ3) is 6.19. The summed E-state index contributed by atoms with van der Waals surface area (Å²) < 4.78 is 16.0. The molecule has 1 fully saturated rings. The maximum absolute atomic E-state index is 10.0. The number of likely N-dealkylation sites (N-methyl/N-ethyl adjacent to an activating group) is 1. The Morgan fingerprint density at radius 2 is 2.00 bits per heavy atom. The van der Waals surface area contributed by atoms with Gasteiger partial charge in [0.15, 0.2) is 5.82 Å². The lowest BCUT2D eigenvalue weighted by atomic mass is 9.92. The molecule has 7 nitrogen and oxygen atoms in total. The summed E-state index contributed by atoms with van der Waals surface area (Å²) in [5, 5.41) is 13.5. The number of aryl methyl sites for hydroxylation is 2. The van der Waals surface area contributed by atoms with Crippen molar-refractivity contribution in [1.82, 2.24) is 19.7 Å². The molecule has 4 rings (SSSR count). The van der Waals surface area contributed by atoms with Crippen molar-refractivity contribution in [3.8, 4) is 28.4 Å². The fraction of sp³-hybridized carbons (Fsp3) is 0.500. The van der Waals surface area contributed by atoms with Crippen LogP contribution in [0.2, 0.25) is 5.02 Å². The van der Waals surface area contributed by atoms with Gasteiger partial charge in [-0.15, -0.1) is 0 Å². The summed E-state index contributed by atoms with van der Waals surface area (Å²) in [5.41, 5.74) is 5.79. The Labute approximate surface area is 216 Å². The van der Waals surface area contributed by atoms with Gasteiger partial charge in [0.05, 0.1) is 16.4 Å². The lowest BCUT2D eigenvalue weighted by molar-refractivity contribution is 0.0662. The first-order valence-electron chi connectivity index (χ1n) is 12.0. The maximum Gasteiger partial charge on any atom is 0.161 e. The van der Waals surface area contributed by atoms with Crippen LogP contribution < -0.4 is 10.1 Å². The third-order valence-corrected chi connectivity index (χ3v) is 7.57. The number of benzene rings is 1. The lowest BCUT2D eigenvalue weighted by Gasteiger charge is -2.23. The van der Waals surface area contributed by atoms with Gasteiger partial charge in [0.2, 0.25) is 0 Å². The van der Waals surface area contributed by atoms with E-state index in [0.29, 0.717) is 34.6 Å². The Morgan fingerprint density at radius 3 is 2.69 bits per heavy atom. The maximum atomic E-state index is 10.0. The number of nitrogens with one attached hydrogen (secondary N) is 1. The molecule has 1 aliphatic rings. The van der Waals surface area contributed by atoms with E-state index in [1.165, 1.54) is 11.5 Å². The van der Waals surface area contributed by atoms with Crippen molar-refractivity contribution in [3.63, 3.8) is 0 Å². The number of hydrogen-bond donors (Lipinski definition) is 2. The van der Waals surface area contributed by atoms with E-state index in [-0.39, 0.29) is 6.61 Å². The molecule has 0 aliphatic carbocycles. The first-order chi connectivity index (χ1) is 16.9. The first kappa shape index (κ1) is 26.0. The number of aliphatic hydroxyl groups is 1. The number of ether oxygens (including phenoxy) is 2. The van der Waals surface area contributed by atoms with Crippen LogP contribution in [0.15, 0.2) is 18.2 Å². The minimum absolute atomic E-state index is 0.176. The standard InChI is InChI=1S/C26H33ClN4O3S/c1-15-23(11-18-7-9-33-10-8-18)29-26(30-25(15)24-16(2)31-35-17(24)3)21-12-20(5-6-22(21)27)34-14-19(32)13-28-4/h5-6,12,18-19,28,32H,7-11,13-14H2,1-4H3. The smallest absolute Gasteiger partial charge is 0.161 e. The highest BCUT2D eigenvalue weighted by atomic mass is 35.5. The normalized spacial score (nSPS) is 15.4. The third-order valence-electron chi connectivity index (χ3n) is 6.40. The molecule has 0 spiro atoms. The Balaban J connectivity index is 1.76. The summed E-state index contributed by atoms with van der Waals surface area (Å²) in [6, 6.07) is 5.44. The van der Waals surface area contributed by atoms with E-state index in [0.717, 1.165) is 65.6 Å². The predicted octanol–water partition coefficient (Wildman–Crippen LogP) is 4.77. The molecule has 1 unspecified atom stereocenters. The second-order valence-electron chi connectivity index (χ2n) is 9.09. The number of aliphatic hydroxyl groups excluding tert-OH is 1. The van der Waals surface area contributed by atoms with Gasteiger partial charge in [0.25, 0.3) is 0 Å². The van der Waals surface area contributed by atoms with Gasteiger partial charge in [-0.25, -0.2) is 9.97 Å². The molecule has 1 atom stereocenters. The highest BCUT2D eigenvalue weighted by Gasteiger charge is 2.23. The van der Waals surface area contributed by atoms with Gasteiger partial charge >= 0.3 is 0 Å². The van der Waals surface area contributed by atoms with Gasteiger partial charge in [-0.1, -0.05) is 11.6 Å². The Bertz CT molecular complexity index is 1140. The molecule has 1 aromatic carbocycles. The number of hydrogen-bond acceptors (Lipinski definition) is 8. The molecule has 9 heteroatoms. The lowest BCUT2D eigenvalue weighted by Crippen LogP contribution is -2.29. The van der Waals surface area contributed by atoms with Crippen LogP contribution in [0.4, 0.5) is 0 Å². The highest BCUT2D eigenvalue weighted by molar-refractivity contribution is 7.06. The molecule has 2 N–H and O–H groups in total. The molecular weight excluding hydrogens is 484 g/mol. The highest BCUT2D eigenvalue weighted by Crippen LogP contribution is 2.36. The molecule has 3 heterocycles. The summed E-state index contributed by atoms with van der Waals surface area (Å²) in [6.45, 7) is 8.43. The minimum atomic E-state index is -0.607. The summed E-state index contributed by atoms with van der Waals surface area (Å²) in [4.78, 5) is 11.2. The van der Waals surface area contributed by atoms with Crippen LogP contribution >= 0.6 is 23.1 Å². The molecule has 0 amide bonds. The number of rotatable bonds is 9. The van der Waals surface area contributed by atoms with E-state index in [2.05, 4.69) is 23.5 Å². The van der Waals surface area contributed by atoms with E-state index in [4.69, 9.17) is 31.0 Å². The topological polar surface area (TPSA) is 89.4 Å². The molecule has 3 aromatic rings. The van der Waals surface area contributed by atoms with Crippen molar-refractivity contribution in [2.45, 2.75) is 46.1 Å². The van der Waals surface area contributed by atoms with Crippen molar-refractivity contribution >= 4 is 23.1 Å². The Morgan fingerprint density at radius 1 is 1.23 bits per heavy atom. The Hall–Kier alpha value is -2.10. The van der Waals surface area contributed by atoms with Crippen LogP contribution in [-0.2, 0) is 11.2 Å². The average molecular weight is 517 g/mol. The van der Waals surface area contributed by atoms with Gasteiger partial charge in [-0.2, -0.15) is 4.37 Å². The molecular formula is C26H33ClN4O3S. The number of nitrogens with zero attached hydrogens (tertiary/aromatic N) is 3. The van der Waals surface area contributed by atoms with Crippen LogP contribution in [0.1, 0.15) is 34.7 Å². The van der Waals surface area contributed by atoms with E-state index < -0.39 is 6.10 Å². The van der Waals surface area contributed by atoms with Crippen molar-refractivity contribution in [1.29, 1.82) is 0 Å². The number of halogens is 1. The zero-order valence-electron chi connectivity index (χ0n) is 20.7. The van der Waals surface area contributed by atoms with Crippen molar-refractivity contribution in [3.05, 3.63) is 45.1 Å². The van der Waals surface area contributed by atoms with Crippen LogP contribution in [-0.4, -0.2) is 59.0 Å². The largest absolute Gasteiger partial charge is 0.491 e. The van der Waals surface area contributed by atoms with Gasteiger partial charge in [0.1, 0.15) is 18.5 Å². The monoisotopic (exact) mass is 516 g/mol. The van der Waals surface area contributed by atoms with Crippen molar-refractivity contribution in [2.75, 3.05) is 33.4 Å².